The van der Waals surface area contributed by atoms with E-state index >= 15 is 0 Å². The Morgan fingerprint density at radius 2 is 1.79 bits per heavy atom. The second-order valence-corrected chi connectivity index (χ2v) is 8.48. The van der Waals surface area contributed by atoms with Crippen molar-refractivity contribution in [1.29, 1.82) is 0 Å². The van der Waals surface area contributed by atoms with Crippen LogP contribution in [-0.2, 0) is 37.7 Å². The first-order chi connectivity index (χ1) is 15.7. The summed E-state index contributed by atoms with van der Waals surface area (Å²) in [6, 6.07) is 13.4. The predicted molar refractivity (Wildman–Crippen MR) is 109 cm³/mol. The number of alkyl halides is 3. The van der Waals surface area contributed by atoms with Gasteiger partial charge in [0.15, 0.2) is 0 Å². The molecule has 33 heavy (non-hydrogen) atoms. The number of fused-ring (bicyclic) bond motifs is 2. The normalized spacial score (nSPS) is 18.7. The molecule has 2 aliphatic rings. The monoisotopic (exact) mass is 465 g/mol. The van der Waals surface area contributed by atoms with E-state index in [1.165, 1.54) is 12.1 Å². The average Bonchev–Trinajstić information content (AvgIpc) is 3.12. The van der Waals surface area contributed by atoms with E-state index in [1.807, 2.05) is 4.90 Å². The van der Waals surface area contributed by atoms with Crippen molar-refractivity contribution in [3.63, 3.8) is 0 Å². The van der Waals surface area contributed by atoms with Gasteiger partial charge in [-0.3, -0.25) is 4.79 Å². The third-order valence-electron chi connectivity index (χ3n) is 6.29. The third-order valence-corrected chi connectivity index (χ3v) is 6.29. The number of likely N-dealkylation sites (tertiary alicyclic amines) is 1. The lowest BCUT2D eigenvalue weighted by molar-refractivity contribution is -0.203. The lowest BCUT2D eigenvalue weighted by atomic mass is 9.83. The van der Waals surface area contributed by atoms with Gasteiger partial charge in [0.05, 0.1) is 18.1 Å². The Hall–Kier alpha value is -2.78. The summed E-state index contributed by atoms with van der Waals surface area (Å²) < 4.78 is 61.8. The molecule has 5 nitrogen and oxygen atoms in total. The lowest BCUT2D eigenvalue weighted by Gasteiger charge is -2.40. The Labute approximate surface area is 188 Å². The summed E-state index contributed by atoms with van der Waals surface area (Å²) in [4.78, 5) is 25.6. The molecule has 0 N–H and O–H groups in total. The molecule has 2 aliphatic heterocycles. The molecule has 0 radical (unpaired) electrons. The van der Waals surface area contributed by atoms with E-state index in [1.54, 1.807) is 36.4 Å². The first kappa shape index (κ1) is 23.4. The molecular weight excluding hydrogens is 442 g/mol. The van der Waals surface area contributed by atoms with Crippen molar-refractivity contribution in [2.45, 2.75) is 37.6 Å². The third kappa shape index (κ3) is 5.25. The zero-order valence-electron chi connectivity index (χ0n) is 17.7. The van der Waals surface area contributed by atoms with Crippen LogP contribution >= 0.6 is 0 Å². The Kier molecular flexibility index (Phi) is 6.54. The van der Waals surface area contributed by atoms with Crippen molar-refractivity contribution in [3.8, 4) is 0 Å². The van der Waals surface area contributed by atoms with Crippen molar-refractivity contribution in [2.24, 2.45) is 5.92 Å². The maximum atomic E-state index is 13.8. The zero-order valence-corrected chi connectivity index (χ0v) is 17.7. The lowest BCUT2D eigenvalue weighted by Crippen LogP contribution is -2.46. The number of hydrogen-bond acceptors (Lipinski definition) is 5. The maximum Gasteiger partial charge on any atom is 0.491 e. The molecule has 1 spiro atoms. The Bertz CT molecular complexity index is 1020. The average molecular weight is 465 g/mol. The van der Waals surface area contributed by atoms with Gasteiger partial charge in [0.25, 0.3) is 0 Å². The second-order valence-electron chi connectivity index (χ2n) is 8.48. The number of carbonyl (C=O) groups is 2. The van der Waals surface area contributed by atoms with Crippen molar-refractivity contribution in [3.05, 3.63) is 71.0 Å². The molecule has 1 unspecified atom stereocenters. The summed E-state index contributed by atoms with van der Waals surface area (Å²) in [5, 5.41) is 0. The van der Waals surface area contributed by atoms with E-state index in [-0.39, 0.29) is 18.8 Å². The number of benzene rings is 2. The minimum absolute atomic E-state index is 0.130. The van der Waals surface area contributed by atoms with Crippen molar-refractivity contribution in [2.75, 3.05) is 19.6 Å². The van der Waals surface area contributed by atoms with E-state index in [2.05, 4.69) is 4.74 Å². The van der Waals surface area contributed by atoms with E-state index in [4.69, 9.17) is 4.74 Å². The SMILES string of the molecule is O=C(OC(=O)C(F)(F)F)C(Cc1ccccc1)CN1CCC2(CC1)OCc1ccc(F)cc12. The molecule has 1 saturated heterocycles. The molecular formula is C24H23F4NO4. The Balaban J connectivity index is 1.44. The molecule has 1 fully saturated rings. The number of rotatable bonds is 5. The van der Waals surface area contributed by atoms with Gasteiger partial charge < -0.3 is 14.4 Å². The van der Waals surface area contributed by atoms with Crippen LogP contribution in [0.3, 0.4) is 0 Å². The predicted octanol–water partition coefficient (Wildman–Crippen LogP) is 4.14. The van der Waals surface area contributed by atoms with Crippen LogP contribution in [0.4, 0.5) is 17.6 Å². The van der Waals surface area contributed by atoms with E-state index in [0.29, 0.717) is 32.5 Å². The number of piperidine rings is 1. The van der Waals surface area contributed by atoms with Crippen LogP contribution < -0.4 is 0 Å². The minimum Gasteiger partial charge on any atom is -0.386 e. The van der Waals surface area contributed by atoms with Crippen LogP contribution in [0.25, 0.3) is 0 Å². The number of esters is 2. The van der Waals surface area contributed by atoms with Crippen molar-refractivity contribution < 1.29 is 36.6 Å². The molecule has 2 aromatic rings. The minimum atomic E-state index is -5.24. The fraction of sp³-hybridized carbons (Fsp3) is 0.417. The van der Waals surface area contributed by atoms with Crippen LogP contribution in [-0.4, -0.2) is 42.6 Å². The Morgan fingerprint density at radius 3 is 2.45 bits per heavy atom. The van der Waals surface area contributed by atoms with E-state index < -0.39 is 29.6 Å². The van der Waals surface area contributed by atoms with Crippen LogP contribution in [0.2, 0.25) is 0 Å². The van der Waals surface area contributed by atoms with Gasteiger partial charge >= 0.3 is 18.1 Å². The van der Waals surface area contributed by atoms with Crippen LogP contribution in [0, 0.1) is 11.7 Å². The molecule has 0 amide bonds. The van der Waals surface area contributed by atoms with Crippen molar-refractivity contribution >= 4 is 11.9 Å². The highest BCUT2D eigenvalue weighted by atomic mass is 19.4. The van der Waals surface area contributed by atoms with Crippen LogP contribution in [0.15, 0.2) is 48.5 Å². The number of carbonyl (C=O) groups excluding carboxylic acids is 2. The first-order valence-electron chi connectivity index (χ1n) is 10.7. The molecule has 2 aromatic carbocycles. The summed E-state index contributed by atoms with van der Waals surface area (Å²) in [5.41, 5.74) is 1.92. The molecule has 9 heteroatoms. The van der Waals surface area contributed by atoms with Gasteiger partial charge in [-0.2, -0.15) is 13.2 Å². The maximum absolute atomic E-state index is 13.8. The Morgan fingerprint density at radius 1 is 1.09 bits per heavy atom. The summed E-state index contributed by atoms with van der Waals surface area (Å²) in [6.45, 7) is 1.53. The van der Waals surface area contributed by atoms with Crippen molar-refractivity contribution in [1.82, 2.24) is 4.90 Å². The van der Waals surface area contributed by atoms with E-state index in [9.17, 15) is 27.2 Å². The first-order valence-corrected chi connectivity index (χ1v) is 10.7. The highest BCUT2D eigenvalue weighted by Crippen LogP contribution is 2.44. The van der Waals surface area contributed by atoms with Gasteiger partial charge in [0, 0.05) is 19.6 Å². The van der Waals surface area contributed by atoms with Gasteiger partial charge in [-0.1, -0.05) is 36.4 Å². The summed E-state index contributed by atoms with van der Waals surface area (Å²) in [5.74, 6) is -5.00. The smallest absolute Gasteiger partial charge is 0.386 e. The van der Waals surface area contributed by atoms with Gasteiger partial charge in [-0.05, 0) is 48.1 Å². The summed E-state index contributed by atoms with van der Waals surface area (Å²) in [7, 11) is 0. The molecule has 176 valence electrons. The summed E-state index contributed by atoms with van der Waals surface area (Å²) in [6.07, 6.45) is -4.00. The molecule has 0 bridgehead atoms. The zero-order chi connectivity index (χ0) is 23.6. The molecule has 0 aromatic heterocycles. The summed E-state index contributed by atoms with van der Waals surface area (Å²) >= 11 is 0. The fourth-order valence-electron chi connectivity index (χ4n) is 4.57. The molecule has 0 aliphatic carbocycles. The number of hydrogen-bond donors (Lipinski definition) is 0. The molecule has 2 heterocycles. The largest absolute Gasteiger partial charge is 0.491 e. The highest BCUT2D eigenvalue weighted by molar-refractivity contribution is 5.89. The standard InChI is InChI=1S/C24H23F4NO4/c25-19-7-6-17-15-32-23(20(17)13-19)8-10-29(11-9-23)14-18(12-16-4-2-1-3-5-16)21(30)33-22(31)24(26,27)28/h1-7,13,18H,8-12,14-15H2. The fourth-order valence-corrected chi connectivity index (χ4v) is 4.57. The topological polar surface area (TPSA) is 55.8 Å². The molecule has 4 rings (SSSR count). The van der Waals surface area contributed by atoms with E-state index in [0.717, 1.165) is 16.7 Å². The number of ether oxygens (including phenoxy) is 2. The van der Waals surface area contributed by atoms with Gasteiger partial charge in [-0.25, -0.2) is 9.18 Å². The second kappa shape index (κ2) is 9.23. The molecule has 1 atom stereocenters. The highest BCUT2D eigenvalue weighted by Gasteiger charge is 2.45. The van der Waals surface area contributed by atoms with Crippen LogP contribution in [0.1, 0.15) is 29.5 Å². The number of nitrogens with zero attached hydrogens (tertiary/aromatic N) is 1. The van der Waals surface area contributed by atoms with Gasteiger partial charge in [0.1, 0.15) is 5.82 Å². The van der Waals surface area contributed by atoms with Gasteiger partial charge in [0.2, 0.25) is 0 Å². The van der Waals surface area contributed by atoms with Gasteiger partial charge in [-0.15, -0.1) is 0 Å². The molecule has 0 saturated carbocycles. The quantitative estimate of drug-likeness (QED) is 0.378. The number of halogens is 4. The van der Waals surface area contributed by atoms with Crippen LogP contribution in [0.5, 0.6) is 0 Å².